The Kier molecular flexibility index (Phi) is 3.14. The molecule has 0 atom stereocenters. The Labute approximate surface area is 117 Å². The molecule has 1 heterocycles. The predicted molar refractivity (Wildman–Crippen MR) is 77.9 cm³/mol. The lowest BCUT2D eigenvalue weighted by atomic mass is 10.1. The second-order valence-corrected chi connectivity index (χ2v) is 4.61. The van der Waals surface area contributed by atoms with Gasteiger partial charge in [-0.1, -0.05) is 24.1 Å². The normalized spacial score (nSPS) is 13.1. The topological polar surface area (TPSA) is 29.5 Å². The van der Waals surface area contributed by atoms with Gasteiger partial charge in [-0.05, 0) is 24.3 Å². The first kappa shape index (κ1) is 12.3. The maximum atomic E-state index is 11.2. The van der Waals surface area contributed by atoms with Gasteiger partial charge in [-0.25, -0.2) is 0 Å². The summed E-state index contributed by atoms with van der Waals surface area (Å²) in [6.07, 6.45) is 6.27. The minimum atomic E-state index is 0.409. The number of ether oxygens (including phenoxy) is 1. The van der Waals surface area contributed by atoms with Crippen molar-refractivity contribution < 1.29 is 9.53 Å². The first-order chi connectivity index (χ1) is 9.81. The first-order valence-electron chi connectivity index (χ1n) is 6.33. The smallest absolute Gasteiger partial charge is 0.161 e. The van der Waals surface area contributed by atoms with Gasteiger partial charge in [-0.3, -0.25) is 4.79 Å². The van der Waals surface area contributed by atoms with E-state index in [0.717, 1.165) is 28.8 Å². The molecule has 20 heavy (non-hydrogen) atoms. The molecule has 0 unspecified atom stereocenters. The molecule has 0 bridgehead atoms. The standard InChI is InChI=1S/C17H13NO2/c1-2-13-7-8-15(11-19)16(9-13)18-10-14-5-3-4-6-17(14)20-12-18/h1,3-9,11H,10,12H2. The third-order valence-electron chi connectivity index (χ3n) is 3.37. The maximum Gasteiger partial charge on any atom is 0.161 e. The van der Waals surface area contributed by atoms with Crippen LogP contribution >= 0.6 is 0 Å². The van der Waals surface area contributed by atoms with Crippen molar-refractivity contribution in [2.75, 3.05) is 11.6 Å². The van der Waals surface area contributed by atoms with Crippen LogP contribution < -0.4 is 9.64 Å². The summed E-state index contributed by atoms with van der Waals surface area (Å²) in [5.74, 6) is 3.49. The number of rotatable bonds is 2. The zero-order valence-corrected chi connectivity index (χ0v) is 10.9. The summed E-state index contributed by atoms with van der Waals surface area (Å²) < 4.78 is 5.72. The van der Waals surface area contributed by atoms with E-state index in [1.54, 1.807) is 12.1 Å². The van der Waals surface area contributed by atoms with E-state index in [9.17, 15) is 4.79 Å². The molecule has 0 saturated carbocycles. The highest BCUT2D eigenvalue weighted by molar-refractivity contribution is 5.85. The number of aldehydes is 1. The third kappa shape index (κ3) is 2.12. The molecule has 0 aliphatic carbocycles. The molecule has 0 aromatic heterocycles. The number of benzene rings is 2. The van der Waals surface area contributed by atoms with Gasteiger partial charge in [0.15, 0.2) is 13.0 Å². The second kappa shape index (κ2) is 5.10. The van der Waals surface area contributed by atoms with Crippen molar-refractivity contribution in [2.45, 2.75) is 6.54 Å². The molecule has 2 aromatic carbocycles. The number of terminal acetylenes is 1. The largest absolute Gasteiger partial charge is 0.473 e. The number of hydrogen-bond donors (Lipinski definition) is 0. The van der Waals surface area contributed by atoms with Crippen LogP contribution in [0.1, 0.15) is 21.5 Å². The number of para-hydroxylation sites is 1. The van der Waals surface area contributed by atoms with Crippen LogP contribution in [0.15, 0.2) is 42.5 Å². The Balaban J connectivity index is 1.99. The Morgan fingerprint density at radius 2 is 2.10 bits per heavy atom. The number of fused-ring (bicyclic) bond motifs is 1. The zero-order chi connectivity index (χ0) is 13.9. The summed E-state index contributed by atoms with van der Waals surface area (Å²) in [6.45, 7) is 1.11. The molecular formula is C17H13NO2. The average Bonchev–Trinajstić information content (AvgIpc) is 2.53. The Morgan fingerprint density at radius 3 is 2.90 bits per heavy atom. The van der Waals surface area contributed by atoms with Gasteiger partial charge in [0.1, 0.15) is 5.75 Å². The molecule has 3 nitrogen and oxygen atoms in total. The summed E-state index contributed by atoms with van der Waals surface area (Å²) in [5.41, 5.74) is 3.28. The van der Waals surface area contributed by atoms with Crippen LogP contribution in [-0.4, -0.2) is 13.0 Å². The van der Waals surface area contributed by atoms with E-state index >= 15 is 0 Å². The molecule has 3 rings (SSSR count). The van der Waals surface area contributed by atoms with Crippen LogP contribution in [0.25, 0.3) is 0 Å². The monoisotopic (exact) mass is 263 g/mol. The van der Waals surface area contributed by atoms with Crippen LogP contribution in [-0.2, 0) is 6.54 Å². The molecule has 0 spiro atoms. The third-order valence-corrected chi connectivity index (χ3v) is 3.37. The highest BCUT2D eigenvalue weighted by Gasteiger charge is 2.19. The average molecular weight is 263 g/mol. The van der Waals surface area contributed by atoms with Gasteiger partial charge in [0.25, 0.3) is 0 Å². The molecule has 1 aliphatic rings. The SMILES string of the molecule is C#Cc1ccc(C=O)c(N2COc3ccccc3C2)c1. The van der Waals surface area contributed by atoms with Crippen LogP contribution in [0.3, 0.4) is 0 Å². The van der Waals surface area contributed by atoms with Gasteiger partial charge in [-0.15, -0.1) is 6.42 Å². The molecule has 3 heteroatoms. The molecule has 98 valence electrons. The molecule has 0 amide bonds. The van der Waals surface area contributed by atoms with E-state index in [-0.39, 0.29) is 0 Å². The fourth-order valence-electron chi connectivity index (χ4n) is 2.34. The molecular weight excluding hydrogens is 250 g/mol. The quantitative estimate of drug-likeness (QED) is 0.616. The first-order valence-corrected chi connectivity index (χ1v) is 6.33. The van der Waals surface area contributed by atoms with Crippen molar-refractivity contribution in [3.05, 3.63) is 59.2 Å². The minimum Gasteiger partial charge on any atom is -0.473 e. The van der Waals surface area contributed by atoms with Crippen molar-refractivity contribution in [1.82, 2.24) is 0 Å². The van der Waals surface area contributed by atoms with Crippen LogP contribution in [0.5, 0.6) is 5.75 Å². The van der Waals surface area contributed by atoms with Gasteiger partial charge in [0.05, 0.1) is 5.69 Å². The van der Waals surface area contributed by atoms with E-state index in [1.807, 2.05) is 35.2 Å². The van der Waals surface area contributed by atoms with Crippen molar-refractivity contribution >= 4 is 12.0 Å². The molecule has 0 radical (unpaired) electrons. The second-order valence-electron chi connectivity index (χ2n) is 4.61. The lowest BCUT2D eigenvalue weighted by molar-refractivity contribution is 0.112. The number of anilines is 1. The van der Waals surface area contributed by atoms with E-state index < -0.39 is 0 Å². The van der Waals surface area contributed by atoms with E-state index in [4.69, 9.17) is 11.2 Å². The van der Waals surface area contributed by atoms with Gasteiger partial charge in [-0.2, -0.15) is 0 Å². The number of carbonyl (C=O) groups excluding carboxylic acids is 1. The van der Waals surface area contributed by atoms with Crippen LogP contribution in [0.4, 0.5) is 5.69 Å². The molecule has 2 aromatic rings. The Morgan fingerprint density at radius 1 is 1.25 bits per heavy atom. The summed E-state index contributed by atoms with van der Waals surface area (Å²) in [6, 6.07) is 13.3. The summed E-state index contributed by atoms with van der Waals surface area (Å²) in [4.78, 5) is 13.2. The lowest BCUT2D eigenvalue weighted by Crippen LogP contribution is -2.32. The lowest BCUT2D eigenvalue weighted by Gasteiger charge is -2.31. The van der Waals surface area contributed by atoms with Gasteiger partial charge < -0.3 is 9.64 Å². The fourth-order valence-corrected chi connectivity index (χ4v) is 2.34. The minimum absolute atomic E-state index is 0.409. The zero-order valence-electron chi connectivity index (χ0n) is 10.9. The molecule has 1 aliphatic heterocycles. The van der Waals surface area contributed by atoms with Crippen molar-refractivity contribution in [2.24, 2.45) is 0 Å². The molecule has 0 saturated heterocycles. The van der Waals surface area contributed by atoms with Crippen LogP contribution in [0, 0.1) is 12.3 Å². The number of nitrogens with zero attached hydrogens (tertiary/aromatic N) is 1. The summed E-state index contributed by atoms with van der Waals surface area (Å²) in [5, 5.41) is 0. The van der Waals surface area contributed by atoms with E-state index in [0.29, 0.717) is 18.8 Å². The Hall–Kier alpha value is -2.73. The van der Waals surface area contributed by atoms with Crippen molar-refractivity contribution in [3.63, 3.8) is 0 Å². The Bertz CT molecular complexity index is 700. The van der Waals surface area contributed by atoms with Crippen molar-refractivity contribution in [3.8, 4) is 18.1 Å². The van der Waals surface area contributed by atoms with E-state index in [1.165, 1.54) is 0 Å². The number of carbonyl (C=O) groups is 1. The molecule has 0 N–H and O–H groups in total. The maximum absolute atomic E-state index is 11.2. The molecule has 0 fully saturated rings. The fraction of sp³-hybridized carbons (Fsp3) is 0.118. The van der Waals surface area contributed by atoms with E-state index in [2.05, 4.69) is 5.92 Å². The summed E-state index contributed by atoms with van der Waals surface area (Å²) in [7, 11) is 0. The number of hydrogen-bond acceptors (Lipinski definition) is 3. The van der Waals surface area contributed by atoms with Crippen LogP contribution in [0.2, 0.25) is 0 Å². The van der Waals surface area contributed by atoms with Crippen molar-refractivity contribution in [1.29, 1.82) is 0 Å². The summed E-state index contributed by atoms with van der Waals surface area (Å²) >= 11 is 0. The predicted octanol–water partition coefficient (Wildman–Crippen LogP) is 2.84. The highest BCUT2D eigenvalue weighted by atomic mass is 16.5. The van der Waals surface area contributed by atoms with Gasteiger partial charge in [0.2, 0.25) is 0 Å². The van der Waals surface area contributed by atoms with Gasteiger partial charge >= 0.3 is 0 Å². The highest BCUT2D eigenvalue weighted by Crippen LogP contribution is 2.30. The van der Waals surface area contributed by atoms with Gasteiger partial charge in [0, 0.05) is 23.2 Å².